The molecule has 0 amide bonds. The van der Waals surface area contributed by atoms with Crippen molar-refractivity contribution >= 4 is 22.7 Å². The van der Waals surface area contributed by atoms with Gasteiger partial charge < -0.3 is 14.1 Å². The van der Waals surface area contributed by atoms with Crippen LogP contribution >= 0.6 is 0 Å². The molecule has 0 N–H and O–H groups in total. The lowest BCUT2D eigenvalue weighted by atomic mass is 10.2. The van der Waals surface area contributed by atoms with Crippen LogP contribution in [0.25, 0.3) is 10.9 Å². The third-order valence-electron chi connectivity index (χ3n) is 3.37. The molecule has 0 bridgehead atoms. The lowest BCUT2D eigenvalue weighted by Gasteiger charge is -2.04. The number of methoxy groups -OCH3 is 1. The largest absolute Gasteiger partial charge is 0.465 e. The smallest absolute Gasteiger partial charge is 0.340 e. The normalized spacial score (nSPS) is 10.7. The van der Waals surface area contributed by atoms with E-state index in [1.165, 1.54) is 7.11 Å². The molecule has 0 aliphatic heterocycles. The van der Waals surface area contributed by atoms with Gasteiger partial charge in [0.25, 0.3) is 0 Å². The van der Waals surface area contributed by atoms with Gasteiger partial charge in [0.1, 0.15) is 5.78 Å². The van der Waals surface area contributed by atoms with Crippen LogP contribution in [0.1, 0.15) is 36.5 Å². The van der Waals surface area contributed by atoms with Crippen molar-refractivity contribution in [2.75, 3.05) is 7.11 Å². The van der Waals surface area contributed by atoms with Gasteiger partial charge in [0.2, 0.25) is 0 Å². The zero-order valence-electron chi connectivity index (χ0n) is 11.9. The summed E-state index contributed by atoms with van der Waals surface area (Å²) in [5, 5.41) is 0.908. The van der Waals surface area contributed by atoms with Crippen LogP contribution in [0.3, 0.4) is 0 Å². The molecule has 106 valence electrons. The molecular weight excluding hydrogens is 254 g/mol. The van der Waals surface area contributed by atoms with Gasteiger partial charge >= 0.3 is 5.97 Å². The molecule has 0 atom stereocenters. The Balaban J connectivity index is 2.20. The summed E-state index contributed by atoms with van der Waals surface area (Å²) in [6.07, 6.45) is 4.24. The maximum atomic E-state index is 11.8. The van der Waals surface area contributed by atoms with Crippen LogP contribution in [-0.4, -0.2) is 23.4 Å². The van der Waals surface area contributed by atoms with Gasteiger partial charge in [-0.3, -0.25) is 0 Å². The highest BCUT2D eigenvalue weighted by atomic mass is 16.5. The van der Waals surface area contributed by atoms with Crippen LogP contribution in [0.5, 0.6) is 0 Å². The summed E-state index contributed by atoms with van der Waals surface area (Å²) in [7, 11) is 1.39. The summed E-state index contributed by atoms with van der Waals surface area (Å²) in [5.41, 5.74) is 1.62. The van der Waals surface area contributed by atoms with Gasteiger partial charge in [-0.05, 0) is 25.8 Å². The van der Waals surface area contributed by atoms with Crippen molar-refractivity contribution in [3.05, 3.63) is 36.0 Å². The van der Waals surface area contributed by atoms with Crippen LogP contribution in [0.15, 0.2) is 30.5 Å². The number of rotatable bonds is 6. The number of carbonyl (C=O) groups excluding carboxylic acids is 2. The molecule has 0 saturated carbocycles. The number of aromatic nitrogens is 1. The summed E-state index contributed by atoms with van der Waals surface area (Å²) in [6, 6.07) is 7.78. The Morgan fingerprint density at radius 2 is 1.95 bits per heavy atom. The molecule has 4 nitrogen and oxygen atoms in total. The van der Waals surface area contributed by atoms with E-state index in [4.69, 9.17) is 4.74 Å². The number of Topliss-reactive ketones (excluding diaryl/α,β-unsaturated/α-hetero) is 1. The summed E-state index contributed by atoms with van der Waals surface area (Å²) in [6.45, 7) is 2.41. The van der Waals surface area contributed by atoms with Crippen LogP contribution in [0.4, 0.5) is 0 Å². The van der Waals surface area contributed by atoms with Gasteiger partial charge in [0.05, 0.1) is 12.7 Å². The summed E-state index contributed by atoms with van der Waals surface area (Å²) in [5.74, 6) is -0.0960. The number of unbranched alkanes of at least 4 members (excludes halogenated alkanes) is 1. The first-order valence-corrected chi connectivity index (χ1v) is 6.79. The maximum Gasteiger partial charge on any atom is 0.340 e. The molecule has 0 aliphatic rings. The average Bonchev–Trinajstić information content (AvgIpc) is 2.82. The van der Waals surface area contributed by atoms with E-state index in [1.54, 1.807) is 6.92 Å². The molecule has 0 spiro atoms. The van der Waals surface area contributed by atoms with Crippen molar-refractivity contribution in [2.45, 2.75) is 32.7 Å². The van der Waals surface area contributed by atoms with Crippen molar-refractivity contribution in [3.63, 3.8) is 0 Å². The number of para-hydroxylation sites is 1. The van der Waals surface area contributed by atoms with E-state index in [2.05, 4.69) is 4.57 Å². The van der Waals surface area contributed by atoms with Gasteiger partial charge in [-0.25, -0.2) is 4.79 Å². The van der Waals surface area contributed by atoms with E-state index in [-0.39, 0.29) is 11.8 Å². The molecule has 0 radical (unpaired) electrons. The molecule has 1 aromatic carbocycles. The van der Waals surface area contributed by atoms with Crippen molar-refractivity contribution < 1.29 is 14.3 Å². The number of benzene rings is 1. The molecule has 20 heavy (non-hydrogen) atoms. The number of carbonyl (C=O) groups is 2. The fraction of sp³-hybridized carbons (Fsp3) is 0.375. The Morgan fingerprint density at radius 3 is 2.65 bits per heavy atom. The first-order valence-electron chi connectivity index (χ1n) is 6.79. The monoisotopic (exact) mass is 273 g/mol. The quantitative estimate of drug-likeness (QED) is 0.600. The highest BCUT2D eigenvalue weighted by Crippen LogP contribution is 2.22. The number of nitrogens with zero attached hydrogens (tertiary/aromatic N) is 1. The number of ketones is 1. The first kappa shape index (κ1) is 14.3. The van der Waals surface area contributed by atoms with Gasteiger partial charge in [-0.2, -0.15) is 0 Å². The average molecular weight is 273 g/mol. The molecule has 2 rings (SSSR count). The Kier molecular flexibility index (Phi) is 4.56. The Morgan fingerprint density at radius 1 is 1.20 bits per heavy atom. The maximum absolute atomic E-state index is 11.8. The van der Waals surface area contributed by atoms with Crippen LogP contribution in [-0.2, 0) is 16.1 Å². The molecular formula is C16H19NO3. The molecule has 2 aromatic rings. The van der Waals surface area contributed by atoms with E-state index < -0.39 is 0 Å². The zero-order valence-corrected chi connectivity index (χ0v) is 11.9. The second kappa shape index (κ2) is 6.37. The van der Waals surface area contributed by atoms with Gasteiger partial charge in [-0.1, -0.05) is 18.2 Å². The van der Waals surface area contributed by atoms with Gasteiger partial charge in [0, 0.05) is 30.1 Å². The lowest BCUT2D eigenvalue weighted by molar-refractivity contribution is -0.117. The third kappa shape index (κ3) is 3.07. The van der Waals surface area contributed by atoms with Crippen molar-refractivity contribution in [3.8, 4) is 0 Å². The number of hydrogen-bond donors (Lipinski definition) is 0. The predicted molar refractivity (Wildman–Crippen MR) is 77.8 cm³/mol. The fourth-order valence-corrected chi connectivity index (χ4v) is 2.36. The number of ether oxygens (including phenoxy) is 1. The van der Waals surface area contributed by atoms with Crippen molar-refractivity contribution in [1.82, 2.24) is 4.57 Å². The fourth-order valence-electron chi connectivity index (χ4n) is 2.36. The lowest BCUT2D eigenvalue weighted by Crippen LogP contribution is -2.01. The number of esters is 1. The van der Waals surface area contributed by atoms with E-state index in [0.717, 1.165) is 30.3 Å². The molecule has 1 heterocycles. The van der Waals surface area contributed by atoms with E-state index in [1.807, 2.05) is 30.5 Å². The standard InChI is InChI=1S/C16H19NO3/c1-12(18)7-5-6-10-17-11-14(16(19)20-2)13-8-3-4-9-15(13)17/h3-4,8-9,11H,5-7,10H2,1-2H3. The van der Waals surface area contributed by atoms with Crippen molar-refractivity contribution in [1.29, 1.82) is 0 Å². The van der Waals surface area contributed by atoms with Crippen LogP contribution in [0.2, 0.25) is 0 Å². The zero-order chi connectivity index (χ0) is 14.5. The van der Waals surface area contributed by atoms with Crippen molar-refractivity contribution in [2.24, 2.45) is 0 Å². The summed E-state index contributed by atoms with van der Waals surface area (Å²) >= 11 is 0. The van der Waals surface area contributed by atoms with E-state index in [0.29, 0.717) is 12.0 Å². The SMILES string of the molecule is COC(=O)c1cn(CCCCC(C)=O)c2ccccc12. The minimum absolute atomic E-state index is 0.220. The number of fused-ring (bicyclic) bond motifs is 1. The highest BCUT2D eigenvalue weighted by molar-refractivity contribution is 6.04. The second-order valence-corrected chi connectivity index (χ2v) is 4.90. The molecule has 4 heteroatoms. The molecule has 0 fully saturated rings. The van der Waals surface area contributed by atoms with Gasteiger partial charge in [-0.15, -0.1) is 0 Å². The van der Waals surface area contributed by atoms with Crippen LogP contribution in [0, 0.1) is 0 Å². The van der Waals surface area contributed by atoms with Crippen LogP contribution < -0.4 is 0 Å². The molecule has 0 unspecified atom stereocenters. The minimum Gasteiger partial charge on any atom is -0.465 e. The topological polar surface area (TPSA) is 48.3 Å². The second-order valence-electron chi connectivity index (χ2n) is 4.90. The summed E-state index contributed by atoms with van der Waals surface area (Å²) < 4.78 is 6.88. The number of hydrogen-bond acceptors (Lipinski definition) is 3. The number of aryl methyl sites for hydroxylation is 1. The third-order valence-corrected chi connectivity index (χ3v) is 3.37. The predicted octanol–water partition coefficient (Wildman–Crippen LogP) is 3.19. The summed E-state index contributed by atoms with van der Waals surface area (Å²) in [4.78, 5) is 22.7. The minimum atomic E-state index is -0.316. The Labute approximate surface area is 118 Å². The van der Waals surface area contributed by atoms with E-state index >= 15 is 0 Å². The molecule has 0 aliphatic carbocycles. The highest BCUT2D eigenvalue weighted by Gasteiger charge is 2.14. The molecule has 1 aromatic heterocycles. The Bertz CT molecular complexity index is 628. The molecule has 0 saturated heterocycles. The van der Waals surface area contributed by atoms with E-state index in [9.17, 15) is 9.59 Å². The van der Waals surface area contributed by atoms with Gasteiger partial charge in [0.15, 0.2) is 0 Å². The first-order chi connectivity index (χ1) is 9.63. The Hall–Kier alpha value is -2.10.